The van der Waals surface area contributed by atoms with E-state index in [-0.39, 0.29) is 23.5 Å². The topological polar surface area (TPSA) is 79.5 Å². The van der Waals surface area contributed by atoms with E-state index in [4.69, 9.17) is 4.52 Å². The summed E-state index contributed by atoms with van der Waals surface area (Å²) in [5, 5.41) is 3.83. The van der Waals surface area contributed by atoms with E-state index in [1.807, 2.05) is 6.92 Å². The molecule has 1 aliphatic heterocycles. The molecule has 1 unspecified atom stereocenters. The first-order valence-corrected chi connectivity index (χ1v) is 11.0. The average molecular weight is 432 g/mol. The molecule has 29 heavy (non-hydrogen) atoms. The van der Waals surface area contributed by atoms with Crippen molar-refractivity contribution in [3.05, 3.63) is 35.7 Å². The summed E-state index contributed by atoms with van der Waals surface area (Å²) in [6.07, 6.45) is -1.92. The van der Waals surface area contributed by atoms with E-state index in [1.54, 1.807) is 7.05 Å². The molecule has 0 aliphatic carbocycles. The minimum atomic E-state index is -4.45. The Kier molecular flexibility index (Phi) is 6.02. The second-order valence-corrected chi connectivity index (χ2v) is 9.30. The summed E-state index contributed by atoms with van der Waals surface area (Å²) in [6.45, 7) is 3.17. The van der Waals surface area contributed by atoms with Crippen LogP contribution < -0.4 is 0 Å². The van der Waals surface area contributed by atoms with Crippen LogP contribution in [0.3, 0.4) is 0 Å². The molecule has 11 heteroatoms. The second-order valence-electron chi connectivity index (χ2n) is 7.26. The number of likely N-dealkylation sites (tertiary alicyclic amines) is 1. The molecule has 1 aliphatic rings. The van der Waals surface area contributed by atoms with E-state index < -0.39 is 21.8 Å². The zero-order valence-corrected chi connectivity index (χ0v) is 17.2. The van der Waals surface area contributed by atoms with Gasteiger partial charge in [-0.25, -0.2) is 12.7 Å². The molecule has 0 bridgehead atoms. The van der Waals surface area contributed by atoms with E-state index in [0.29, 0.717) is 31.8 Å². The SMILES string of the molecule is CC(c1nc(-c2cccc(C(F)(F)F)c2)no1)N1CCC(N(C)S(C)(=O)=O)CC1. The number of alkyl halides is 3. The molecule has 1 fully saturated rings. The minimum absolute atomic E-state index is 0.0585. The van der Waals surface area contributed by atoms with Crippen molar-refractivity contribution in [1.29, 1.82) is 0 Å². The molecule has 7 nitrogen and oxygen atoms in total. The first-order valence-electron chi connectivity index (χ1n) is 9.15. The van der Waals surface area contributed by atoms with E-state index in [0.717, 1.165) is 12.1 Å². The van der Waals surface area contributed by atoms with Crippen LogP contribution in [0, 0.1) is 0 Å². The van der Waals surface area contributed by atoms with Crippen molar-refractivity contribution >= 4 is 10.0 Å². The number of piperidine rings is 1. The largest absolute Gasteiger partial charge is 0.416 e. The van der Waals surface area contributed by atoms with Gasteiger partial charge in [-0.15, -0.1) is 0 Å². The number of halogens is 3. The van der Waals surface area contributed by atoms with Gasteiger partial charge in [0.05, 0.1) is 17.9 Å². The van der Waals surface area contributed by atoms with E-state index in [9.17, 15) is 21.6 Å². The van der Waals surface area contributed by atoms with Crippen LogP contribution in [-0.2, 0) is 16.2 Å². The van der Waals surface area contributed by atoms with Crippen LogP contribution >= 0.6 is 0 Å². The van der Waals surface area contributed by atoms with Crippen molar-refractivity contribution < 1.29 is 26.1 Å². The van der Waals surface area contributed by atoms with Gasteiger partial charge >= 0.3 is 6.18 Å². The van der Waals surface area contributed by atoms with Crippen LogP contribution in [0.5, 0.6) is 0 Å². The van der Waals surface area contributed by atoms with Crippen molar-refractivity contribution in [1.82, 2.24) is 19.3 Å². The van der Waals surface area contributed by atoms with Gasteiger partial charge in [0, 0.05) is 31.7 Å². The summed E-state index contributed by atoms with van der Waals surface area (Å²) < 4.78 is 68.8. The average Bonchev–Trinajstić information content (AvgIpc) is 3.16. The van der Waals surface area contributed by atoms with Crippen LogP contribution in [0.2, 0.25) is 0 Å². The van der Waals surface area contributed by atoms with Crippen molar-refractivity contribution in [2.24, 2.45) is 0 Å². The highest BCUT2D eigenvalue weighted by molar-refractivity contribution is 7.88. The van der Waals surface area contributed by atoms with Gasteiger partial charge in [-0.1, -0.05) is 17.3 Å². The molecule has 0 N–H and O–H groups in total. The van der Waals surface area contributed by atoms with E-state index >= 15 is 0 Å². The molecule has 3 rings (SSSR count). The number of sulfonamides is 1. The molecule has 1 saturated heterocycles. The molecule has 1 aromatic carbocycles. The smallest absolute Gasteiger partial charge is 0.337 e. The Bertz CT molecular complexity index is 953. The Labute approximate surface area is 167 Å². The van der Waals surface area contributed by atoms with Gasteiger partial charge in [0.1, 0.15) is 0 Å². The van der Waals surface area contributed by atoms with Crippen molar-refractivity contribution in [2.75, 3.05) is 26.4 Å². The Balaban J connectivity index is 1.69. The number of hydrogen-bond acceptors (Lipinski definition) is 6. The monoisotopic (exact) mass is 432 g/mol. The van der Waals surface area contributed by atoms with Crippen LogP contribution in [0.4, 0.5) is 13.2 Å². The molecule has 0 spiro atoms. The molecular weight excluding hydrogens is 409 g/mol. The van der Waals surface area contributed by atoms with Gasteiger partial charge < -0.3 is 4.52 Å². The van der Waals surface area contributed by atoms with Gasteiger partial charge in [-0.3, -0.25) is 4.90 Å². The highest BCUT2D eigenvalue weighted by atomic mass is 32.2. The predicted molar refractivity (Wildman–Crippen MR) is 100 cm³/mol. The molecule has 2 heterocycles. The lowest BCUT2D eigenvalue weighted by Crippen LogP contribution is -2.45. The molecule has 1 aromatic heterocycles. The molecule has 0 amide bonds. The molecule has 1 atom stereocenters. The van der Waals surface area contributed by atoms with Gasteiger partial charge in [-0.2, -0.15) is 18.2 Å². The van der Waals surface area contributed by atoms with Crippen LogP contribution in [0.25, 0.3) is 11.4 Å². The molecule has 160 valence electrons. The van der Waals surface area contributed by atoms with Gasteiger partial charge in [0.2, 0.25) is 21.7 Å². The second kappa shape index (κ2) is 8.04. The standard InChI is InChI=1S/C18H23F3N4O3S/c1-12(25-9-7-15(8-10-25)24(2)29(3,26)27)17-22-16(23-28-17)13-5-4-6-14(11-13)18(19,20)21/h4-6,11-12,15H,7-10H2,1-3H3. The fourth-order valence-electron chi connectivity index (χ4n) is 3.42. The van der Waals surface area contributed by atoms with Crippen molar-refractivity contribution in [2.45, 2.75) is 38.0 Å². The third-order valence-electron chi connectivity index (χ3n) is 5.33. The first kappa shape index (κ1) is 21.7. The molecule has 0 radical (unpaired) electrons. The minimum Gasteiger partial charge on any atom is -0.337 e. The van der Waals surface area contributed by atoms with Gasteiger partial charge in [0.15, 0.2) is 0 Å². The van der Waals surface area contributed by atoms with Crippen molar-refractivity contribution in [3.63, 3.8) is 0 Å². The normalized spacial score (nSPS) is 18.3. The van der Waals surface area contributed by atoms with E-state index in [1.165, 1.54) is 22.7 Å². The van der Waals surface area contributed by atoms with Gasteiger partial charge in [-0.05, 0) is 31.9 Å². The molecule has 2 aromatic rings. The fourth-order valence-corrected chi connectivity index (χ4v) is 4.17. The van der Waals surface area contributed by atoms with Crippen molar-refractivity contribution in [3.8, 4) is 11.4 Å². The van der Waals surface area contributed by atoms with E-state index in [2.05, 4.69) is 15.0 Å². The van der Waals surface area contributed by atoms with Crippen LogP contribution in [-0.4, -0.2) is 60.2 Å². The number of nitrogens with zero attached hydrogens (tertiary/aromatic N) is 4. The number of hydrogen-bond donors (Lipinski definition) is 0. The fraction of sp³-hybridized carbons (Fsp3) is 0.556. The lowest BCUT2D eigenvalue weighted by Gasteiger charge is -2.37. The predicted octanol–water partition coefficient (Wildman–Crippen LogP) is 3.17. The Morgan fingerprint density at radius 2 is 1.93 bits per heavy atom. The number of aromatic nitrogens is 2. The third-order valence-corrected chi connectivity index (χ3v) is 6.68. The maximum Gasteiger partial charge on any atom is 0.416 e. The summed E-state index contributed by atoms with van der Waals surface area (Å²) in [5.74, 6) is 0.414. The number of rotatable bonds is 5. The highest BCUT2D eigenvalue weighted by Crippen LogP contribution is 2.32. The zero-order valence-electron chi connectivity index (χ0n) is 16.3. The summed E-state index contributed by atoms with van der Waals surface area (Å²) in [6, 6.07) is 4.50. The van der Waals surface area contributed by atoms with Crippen LogP contribution in [0.15, 0.2) is 28.8 Å². The Hall–Kier alpha value is -1.98. The highest BCUT2D eigenvalue weighted by Gasteiger charge is 2.32. The Morgan fingerprint density at radius 1 is 1.28 bits per heavy atom. The Morgan fingerprint density at radius 3 is 2.52 bits per heavy atom. The number of benzene rings is 1. The summed E-state index contributed by atoms with van der Waals surface area (Å²) in [4.78, 5) is 6.37. The summed E-state index contributed by atoms with van der Waals surface area (Å²) in [5.41, 5.74) is -0.540. The quantitative estimate of drug-likeness (QED) is 0.722. The lowest BCUT2D eigenvalue weighted by atomic mass is 10.0. The maximum absolute atomic E-state index is 12.9. The zero-order chi connectivity index (χ0) is 21.4. The third kappa shape index (κ3) is 4.96. The summed E-state index contributed by atoms with van der Waals surface area (Å²) in [7, 11) is -1.66. The summed E-state index contributed by atoms with van der Waals surface area (Å²) >= 11 is 0. The molecule has 0 saturated carbocycles. The molecular formula is C18H23F3N4O3S. The van der Waals surface area contributed by atoms with Gasteiger partial charge in [0.25, 0.3) is 0 Å². The lowest BCUT2D eigenvalue weighted by molar-refractivity contribution is -0.137. The maximum atomic E-state index is 12.9. The van der Waals surface area contributed by atoms with Crippen LogP contribution in [0.1, 0.15) is 37.3 Å². The first-order chi connectivity index (χ1) is 13.5.